The maximum Gasteiger partial charge on any atom is 0.410 e. The Balaban J connectivity index is 2.33. The Hall–Kier alpha value is -0.810. The molecule has 5 heteroatoms. The quantitative estimate of drug-likeness (QED) is 0.813. The fraction of sp³-hybridized carbons (Fsp3) is 0.929. The van der Waals surface area contributed by atoms with Gasteiger partial charge in [-0.25, -0.2) is 4.79 Å². The first-order valence-corrected chi connectivity index (χ1v) is 7.27. The van der Waals surface area contributed by atoms with Crippen molar-refractivity contribution in [2.75, 3.05) is 13.7 Å². The molecule has 2 saturated heterocycles. The Labute approximate surface area is 114 Å². The lowest BCUT2D eigenvalue weighted by Crippen LogP contribution is -2.63. The number of amides is 1. The van der Waals surface area contributed by atoms with Gasteiger partial charge < -0.3 is 14.9 Å². The summed E-state index contributed by atoms with van der Waals surface area (Å²) in [5.41, 5.74) is -0.416. The summed E-state index contributed by atoms with van der Waals surface area (Å²) in [4.78, 5) is 13.9. The normalized spacial score (nSPS) is 37.5. The van der Waals surface area contributed by atoms with E-state index >= 15 is 0 Å². The number of piperidine rings is 1. The first-order chi connectivity index (χ1) is 9.10. The molecular weight excluding hydrogens is 246 g/mol. The molecule has 0 aliphatic carbocycles. The zero-order chi connectivity index (χ0) is 14.0. The zero-order valence-corrected chi connectivity index (χ0v) is 11.8. The number of fused-ring (bicyclic) bond motifs is 2. The van der Waals surface area contributed by atoms with Crippen LogP contribution in [0.15, 0.2) is 0 Å². The number of methoxy groups -OCH3 is 1. The lowest BCUT2D eigenvalue weighted by molar-refractivity contribution is -0.0857. The van der Waals surface area contributed by atoms with Gasteiger partial charge in [-0.15, -0.1) is 0 Å². The Kier molecular flexibility index (Phi) is 4.36. The van der Waals surface area contributed by atoms with Crippen molar-refractivity contribution in [3.8, 4) is 0 Å². The van der Waals surface area contributed by atoms with Gasteiger partial charge in [0.15, 0.2) is 0 Å². The topological polar surface area (TPSA) is 70.0 Å². The molecule has 2 N–H and O–H groups in total. The Bertz CT molecular complexity index is 335. The van der Waals surface area contributed by atoms with E-state index in [4.69, 9.17) is 4.74 Å². The van der Waals surface area contributed by atoms with Crippen molar-refractivity contribution in [3.05, 3.63) is 0 Å². The van der Waals surface area contributed by atoms with E-state index in [9.17, 15) is 15.0 Å². The van der Waals surface area contributed by atoms with Crippen LogP contribution in [-0.2, 0) is 4.74 Å². The van der Waals surface area contributed by atoms with Crippen LogP contribution in [0.5, 0.6) is 0 Å². The van der Waals surface area contributed by atoms with Gasteiger partial charge in [-0.1, -0.05) is 19.8 Å². The smallest absolute Gasteiger partial charge is 0.410 e. The monoisotopic (exact) mass is 271 g/mol. The second-order valence-corrected chi connectivity index (χ2v) is 5.83. The molecule has 4 atom stereocenters. The molecule has 0 spiro atoms. The second kappa shape index (κ2) is 5.67. The maximum absolute atomic E-state index is 12.1. The fourth-order valence-electron chi connectivity index (χ4n) is 4.05. The van der Waals surface area contributed by atoms with Crippen LogP contribution in [0.1, 0.15) is 45.4 Å². The van der Waals surface area contributed by atoms with E-state index in [0.29, 0.717) is 6.42 Å². The molecule has 19 heavy (non-hydrogen) atoms. The van der Waals surface area contributed by atoms with Crippen molar-refractivity contribution >= 4 is 6.09 Å². The van der Waals surface area contributed by atoms with Crippen LogP contribution in [0, 0.1) is 5.92 Å². The van der Waals surface area contributed by atoms with Gasteiger partial charge in [0.2, 0.25) is 0 Å². The molecule has 2 aliphatic heterocycles. The summed E-state index contributed by atoms with van der Waals surface area (Å²) in [7, 11) is 1.40. The van der Waals surface area contributed by atoms with Crippen molar-refractivity contribution in [2.45, 2.75) is 63.1 Å². The third-order valence-electron chi connectivity index (χ3n) is 4.95. The molecule has 5 nitrogen and oxygen atoms in total. The molecule has 0 radical (unpaired) electrons. The van der Waals surface area contributed by atoms with Crippen LogP contribution < -0.4 is 0 Å². The van der Waals surface area contributed by atoms with E-state index in [0.717, 1.165) is 32.1 Å². The van der Waals surface area contributed by atoms with Crippen LogP contribution in [0.4, 0.5) is 4.79 Å². The van der Waals surface area contributed by atoms with Crippen molar-refractivity contribution in [1.29, 1.82) is 0 Å². The summed E-state index contributed by atoms with van der Waals surface area (Å²) in [6.07, 6.45) is 4.32. The number of ether oxygens (including phenoxy) is 1. The molecule has 110 valence electrons. The molecule has 2 fully saturated rings. The lowest BCUT2D eigenvalue weighted by Gasteiger charge is -2.50. The van der Waals surface area contributed by atoms with Gasteiger partial charge in [0.25, 0.3) is 0 Å². The van der Waals surface area contributed by atoms with Crippen molar-refractivity contribution in [2.24, 2.45) is 5.92 Å². The van der Waals surface area contributed by atoms with Gasteiger partial charge in [0.1, 0.15) is 0 Å². The number of nitrogens with zero attached hydrogens (tertiary/aromatic N) is 1. The summed E-state index contributed by atoms with van der Waals surface area (Å²) in [5.74, 6) is -0.253. The Morgan fingerprint density at radius 2 is 2.26 bits per heavy atom. The minimum Gasteiger partial charge on any atom is -0.453 e. The highest BCUT2D eigenvalue weighted by molar-refractivity contribution is 5.70. The molecule has 0 unspecified atom stereocenters. The number of hydrogen-bond acceptors (Lipinski definition) is 4. The number of hydrogen-bond donors (Lipinski definition) is 2. The number of rotatable bonds is 4. The molecule has 2 heterocycles. The largest absolute Gasteiger partial charge is 0.453 e. The van der Waals surface area contributed by atoms with Crippen molar-refractivity contribution < 1.29 is 19.7 Å². The number of aliphatic hydroxyl groups excluding tert-OH is 2. The molecule has 2 rings (SSSR count). The lowest BCUT2D eigenvalue weighted by atomic mass is 9.73. The minimum atomic E-state index is -0.518. The summed E-state index contributed by atoms with van der Waals surface area (Å²) in [6.45, 7) is 2.03. The van der Waals surface area contributed by atoms with Gasteiger partial charge in [0, 0.05) is 12.0 Å². The Morgan fingerprint density at radius 3 is 2.84 bits per heavy atom. The minimum absolute atomic E-state index is 0.0575. The molecule has 0 aromatic carbocycles. The number of aliphatic hydroxyl groups is 2. The number of unbranched alkanes of at least 4 members (excludes halogenated alkanes) is 1. The van der Waals surface area contributed by atoms with Crippen LogP contribution >= 0.6 is 0 Å². The first-order valence-electron chi connectivity index (χ1n) is 7.27. The van der Waals surface area contributed by atoms with E-state index in [-0.39, 0.29) is 24.7 Å². The summed E-state index contributed by atoms with van der Waals surface area (Å²) < 4.78 is 4.93. The van der Waals surface area contributed by atoms with E-state index in [2.05, 4.69) is 6.92 Å². The third kappa shape index (κ3) is 2.23. The summed E-state index contributed by atoms with van der Waals surface area (Å²) in [5, 5.41) is 19.9. The maximum atomic E-state index is 12.1. The van der Waals surface area contributed by atoms with Crippen LogP contribution in [0.3, 0.4) is 0 Å². The highest BCUT2D eigenvalue weighted by Gasteiger charge is 2.58. The molecule has 0 aromatic rings. The van der Waals surface area contributed by atoms with Gasteiger partial charge in [-0.05, 0) is 25.7 Å². The van der Waals surface area contributed by atoms with Crippen LogP contribution in [-0.4, -0.2) is 52.6 Å². The predicted molar refractivity (Wildman–Crippen MR) is 70.7 cm³/mol. The third-order valence-corrected chi connectivity index (χ3v) is 4.95. The molecule has 2 aliphatic rings. The highest BCUT2D eigenvalue weighted by atomic mass is 16.5. The van der Waals surface area contributed by atoms with Gasteiger partial charge in [0.05, 0.1) is 25.4 Å². The molecular formula is C14H25NO4. The van der Waals surface area contributed by atoms with E-state index in [1.807, 2.05) is 4.90 Å². The van der Waals surface area contributed by atoms with E-state index in [1.54, 1.807) is 0 Å². The second-order valence-electron chi connectivity index (χ2n) is 5.83. The SMILES string of the molecule is CCCC[C@@]12CC[C@@H](C[C@@H](O)[C@@H]1CO)N2C(=O)OC. The number of carbonyl (C=O) groups is 1. The van der Waals surface area contributed by atoms with Crippen molar-refractivity contribution in [3.63, 3.8) is 0 Å². The number of carbonyl (C=O) groups excluding carboxylic acids is 1. The van der Waals surface area contributed by atoms with Gasteiger partial charge in [-0.3, -0.25) is 4.90 Å². The molecule has 0 aromatic heterocycles. The zero-order valence-electron chi connectivity index (χ0n) is 11.8. The van der Waals surface area contributed by atoms with Gasteiger partial charge in [-0.2, -0.15) is 0 Å². The summed E-state index contributed by atoms with van der Waals surface area (Å²) >= 11 is 0. The van der Waals surface area contributed by atoms with E-state index in [1.165, 1.54) is 7.11 Å². The standard InChI is InChI=1S/C14H25NO4/c1-3-4-6-14-7-5-10(15(14)13(18)19-2)8-12(17)11(14)9-16/h10-12,16-17H,3-9H2,1-2H3/t10-,11-,12+,14+/m0/s1. The Morgan fingerprint density at radius 1 is 1.53 bits per heavy atom. The highest BCUT2D eigenvalue weighted by Crippen LogP contribution is 2.50. The predicted octanol–water partition coefficient (Wildman–Crippen LogP) is 1.52. The van der Waals surface area contributed by atoms with E-state index < -0.39 is 11.6 Å². The molecule has 0 saturated carbocycles. The van der Waals surface area contributed by atoms with Crippen LogP contribution in [0.2, 0.25) is 0 Å². The average Bonchev–Trinajstić information content (AvgIpc) is 2.69. The molecule has 2 bridgehead atoms. The summed E-state index contributed by atoms with van der Waals surface area (Å²) in [6, 6.07) is 0.0575. The fourth-order valence-corrected chi connectivity index (χ4v) is 4.05. The first kappa shape index (κ1) is 14.6. The van der Waals surface area contributed by atoms with Crippen molar-refractivity contribution in [1.82, 2.24) is 4.90 Å². The molecule has 1 amide bonds. The van der Waals surface area contributed by atoms with Gasteiger partial charge >= 0.3 is 6.09 Å². The van der Waals surface area contributed by atoms with Crippen LogP contribution in [0.25, 0.3) is 0 Å². The average molecular weight is 271 g/mol.